The number of ketones is 1. The number of amides is 3. The number of hydrazine groups is 1. The van der Waals surface area contributed by atoms with Gasteiger partial charge in [-0.2, -0.15) is 5.01 Å². The molecule has 8 rings (SSSR count). The Hall–Kier alpha value is -4.27. The van der Waals surface area contributed by atoms with Gasteiger partial charge in [0.15, 0.2) is 5.78 Å². The number of Topliss-reactive ketones (excluding diaryl/α,β-unsaturated/α-hetero) is 1. The number of ether oxygens (including phenoxy) is 1. The highest BCUT2D eigenvalue weighted by molar-refractivity contribution is 6.36. The van der Waals surface area contributed by atoms with E-state index in [0.717, 1.165) is 16.4 Å². The average molecular weight is 615 g/mol. The molecular weight excluding hydrogens is 591 g/mol. The quantitative estimate of drug-likeness (QED) is 0.114. The van der Waals surface area contributed by atoms with E-state index in [2.05, 4.69) is 0 Å². The Morgan fingerprint density at radius 3 is 2.05 bits per heavy atom. The Morgan fingerprint density at radius 1 is 0.814 bits per heavy atom. The first-order chi connectivity index (χ1) is 20.7. The topological polar surface area (TPSA) is 101 Å². The lowest BCUT2D eigenvalue weighted by Gasteiger charge is -2.37. The summed E-state index contributed by atoms with van der Waals surface area (Å²) in [6, 6.07) is 18.6. The molecule has 43 heavy (non-hydrogen) atoms. The monoisotopic (exact) mass is 614 g/mol. The van der Waals surface area contributed by atoms with Gasteiger partial charge in [-0.15, -0.1) is 0 Å². The van der Waals surface area contributed by atoms with Crippen molar-refractivity contribution in [3.63, 3.8) is 0 Å². The maximum absolute atomic E-state index is 13.9. The second kappa shape index (κ2) is 10.5. The first-order valence-corrected chi connectivity index (χ1v) is 14.7. The molecule has 6 atom stereocenters. The van der Waals surface area contributed by atoms with Crippen molar-refractivity contribution in [2.75, 3.05) is 6.54 Å². The number of rotatable bonds is 7. The summed E-state index contributed by atoms with van der Waals surface area (Å²) < 4.78 is 5.39. The van der Waals surface area contributed by atoms with Crippen molar-refractivity contribution in [2.24, 2.45) is 35.5 Å². The normalized spacial score (nSPS) is 26.1. The van der Waals surface area contributed by atoms with E-state index in [1.54, 1.807) is 30.3 Å². The molecule has 1 aliphatic heterocycles. The molecule has 0 spiro atoms. The third kappa shape index (κ3) is 4.65. The number of nitrogens with zero attached hydrogens (tertiary/aromatic N) is 2. The van der Waals surface area contributed by atoms with Crippen LogP contribution in [0.2, 0.25) is 10.0 Å². The molecule has 0 N–H and O–H groups in total. The Labute approximate surface area is 256 Å². The van der Waals surface area contributed by atoms with Gasteiger partial charge in [0.25, 0.3) is 17.7 Å². The standard InChI is InChI=1S/C33H24Cl2N2O6/c34-19-8-11-23(26(35)14-19)30(39)36(37-31(40)28-21-12-13-22(25-15-24(21)25)29(28)32(37)41)16-27(38)17-6-9-20(10-7-17)43-33(42)18-4-2-1-3-5-18/h1-14,21-22,24-25,28-29H,15-16H2/t21-,22-,24-,25+,28+,29+/m0/s1. The van der Waals surface area contributed by atoms with E-state index < -0.39 is 47.9 Å². The van der Waals surface area contributed by atoms with Crippen LogP contribution in [0.3, 0.4) is 0 Å². The van der Waals surface area contributed by atoms with E-state index in [4.69, 9.17) is 27.9 Å². The molecule has 3 aromatic rings. The third-order valence-electron chi connectivity index (χ3n) is 8.97. The van der Waals surface area contributed by atoms with Crippen LogP contribution < -0.4 is 4.74 Å². The summed E-state index contributed by atoms with van der Waals surface area (Å²) in [7, 11) is 0. The minimum absolute atomic E-state index is 0.00135. The van der Waals surface area contributed by atoms with Crippen LogP contribution in [-0.4, -0.2) is 46.0 Å². The lowest BCUT2D eigenvalue weighted by molar-refractivity contribution is -0.154. The first-order valence-electron chi connectivity index (χ1n) is 14.0. The smallest absolute Gasteiger partial charge is 0.343 e. The van der Waals surface area contributed by atoms with Crippen molar-refractivity contribution < 1.29 is 28.7 Å². The van der Waals surface area contributed by atoms with E-state index in [9.17, 15) is 24.0 Å². The Kier molecular flexibility index (Phi) is 6.71. The van der Waals surface area contributed by atoms with E-state index >= 15 is 0 Å². The van der Waals surface area contributed by atoms with Gasteiger partial charge in [0, 0.05) is 10.6 Å². The van der Waals surface area contributed by atoms with Gasteiger partial charge in [0.1, 0.15) is 12.3 Å². The van der Waals surface area contributed by atoms with Gasteiger partial charge in [-0.25, -0.2) is 9.80 Å². The van der Waals surface area contributed by atoms with Gasteiger partial charge in [-0.3, -0.25) is 19.2 Å². The number of hydrogen-bond donors (Lipinski definition) is 0. The van der Waals surface area contributed by atoms with Crippen molar-refractivity contribution in [1.29, 1.82) is 0 Å². The summed E-state index contributed by atoms with van der Waals surface area (Å²) in [4.78, 5) is 67.6. The maximum Gasteiger partial charge on any atom is 0.343 e. The summed E-state index contributed by atoms with van der Waals surface area (Å²) in [5.41, 5.74) is 0.569. The molecule has 0 aromatic heterocycles. The summed E-state index contributed by atoms with van der Waals surface area (Å²) in [5.74, 6) is -3.06. The van der Waals surface area contributed by atoms with Crippen LogP contribution >= 0.6 is 23.2 Å². The maximum atomic E-state index is 13.9. The summed E-state index contributed by atoms with van der Waals surface area (Å²) in [6.07, 6.45) is 5.07. The minimum Gasteiger partial charge on any atom is -0.423 e. The van der Waals surface area contributed by atoms with Gasteiger partial charge in [0.2, 0.25) is 0 Å². The van der Waals surface area contributed by atoms with Crippen LogP contribution in [0.15, 0.2) is 84.9 Å². The molecule has 10 heteroatoms. The van der Waals surface area contributed by atoms with Crippen LogP contribution in [0.1, 0.15) is 37.5 Å². The van der Waals surface area contributed by atoms with Crippen molar-refractivity contribution in [3.05, 3.63) is 112 Å². The number of carbonyl (C=O) groups excluding carboxylic acids is 5. The fourth-order valence-electron chi connectivity index (χ4n) is 6.89. The number of imide groups is 1. The van der Waals surface area contributed by atoms with Gasteiger partial charge in [-0.05, 0) is 84.7 Å². The molecule has 1 heterocycles. The molecule has 3 amide bonds. The lowest BCUT2D eigenvalue weighted by Crippen LogP contribution is -2.52. The van der Waals surface area contributed by atoms with Crippen molar-refractivity contribution in [3.8, 4) is 5.75 Å². The number of halogens is 2. The van der Waals surface area contributed by atoms with Crippen LogP contribution in [0, 0.1) is 35.5 Å². The fraction of sp³-hybridized carbons (Fsp3) is 0.242. The average Bonchev–Trinajstić information content (AvgIpc) is 3.79. The van der Waals surface area contributed by atoms with Crippen LogP contribution in [0.5, 0.6) is 5.75 Å². The second-order valence-corrected chi connectivity index (χ2v) is 12.2. The summed E-state index contributed by atoms with van der Waals surface area (Å²) in [6.45, 7) is -0.590. The van der Waals surface area contributed by atoms with E-state index in [1.165, 1.54) is 42.5 Å². The van der Waals surface area contributed by atoms with Crippen LogP contribution in [0.4, 0.5) is 0 Å². The SMILES string of the molecule is O=C(CN(C(=O)c1ccc(Cl)cc1Cl)N1C(=O)[C@@H]2[C@H]3C=C[C@@H]([C@@H]4C[C@H]34)[C@H]2C1=O)c1ccc(OC(=O)c2ccccc2)cc1. The Bertz CT molecular complexity index is 1690. The molecule has 0 unspecified atom stereocenters. The molecule has 0 radical (unpaired) electrons. The largest absolute Gasteiger partial charge is 0.423 e. The van der Waals surface area contributed by atoms with Crippen molar-refractivity contribution >= 4 is 52.7 Å². The predicted molar refractivity (Wildman–Crippen MR) is 156 cm³/mol. The number of benzene rings is 3. The van der Waals surface area contributed by atoms with Crippen molar-refractivity contribution in [2.45, 2.75) is 6.42 Å². The molecule has 1 saturated heterocycles. The summed E-state index contributed by atoms with van der Waals surface area (Å²) in [5, 5.41) is 2.11. The van der Waals surface area contributed by atoms with E-state index in [0.29, 0.717) is 22.4 Å². The second-order valence-electron chi connectivity index (χ2n) is 11.3. The zero-order chi connectivity index (χ0) is 30.0. The zero-order valence-corrected chi connectivity index (χ0v) is 24.1. The highest BCUT2D eigenvalue weighted by atomic mass is 35.5. The molecule has 216 valence electrons. The van der Waals surface area contributed by atoms with Gasteiger partial charge in [-0.1, -0.05) is 53.6 Å². The molecule has 4 aliphatic carbocycles. The minimum atomic E-state index is -0.769. The Balaban J connectivity index is 1.16. The highest BCUT2D eigenvalue weighted by Gasteiger charge is 2.68. The van der Waals surface area contributed by atoms with Gasteiger partial charge < -0.3 is 4.74 Å². The van der Waals surface area contributed by atoms with E-state index in [-0.39, 0.29) is 33.7 Å². The predicted octanol–water partition coefficient (Wildman–Crippen LogP) is 5.51. The number of hydrogen-bond acceptors (Lipinski definition) is 6. The number of allylic oxidation sites excluding steroid dienone is 2. The molecule has 2 bridgehead atoms. The number of esters is 1. The van der Waals surface area contributed by atoms with Crippen LogP contribution in [0.25, 0.3) is 0 Å². The third-order valence-corrected chi connectivity index (χ3v) is 9.51. The van der Waals surface area contributed by atoms with E-state index in [1.807, 2.05) is 12.2 Å². The molecular formula is C33H24Cl2N2O6. The van der Waals surface area contributed by atoms with Crippen LogP contribution in [-0.2, 0) is 9.59 Å². The highest BCUT2D eigenvalue weighted by Crippen LogP contribution is 2.65. The first kappa shape index (κ1) is 27.6. The van der Waals surface area contributed by atoms with Gasteiger partial charge in [0.05, 0.1) is 28.0 Å². The van der Waals surface area contributed by atoms with Crippen molar-refractivity contribution in [1.82, 2.24) is 10.0 Å². The summed E-state index contributed by atoms with van der Waals surface area (Å²) >= 11 is 12.4. The molecule has 8 nitrogen and oxygen atoms in total. The lowest BCUT2D eigenvalue weighted by atomic mass is 9.63. The molecule has 5 aliphatic rings. The Morgan fingerprint density at radius 2 is 1.44 bits per heavy atom. The molecule has 2 saturated carbocycles. The zero-order valence-electron chi connectivity index (χ0n) is 22.6. The molecule has 3 fully saturated rings. The molecule has 3 aromatic carbocycles. The number of carbonyl (C=O) groups is 5. The van der Waals surface area contributed by atoms with Gasteiger partial charge >= 0.3 is 5.97 Å². The fourth-order valence-corrected chi connectivity index (χ4v) is 7.38.